The van der Waals surface area contributed by atoms with Crippen LogP contribution in [0.5, 0.6) is 11.5 Å². The second-order valence-electron chi connectivity index (χ2n) is 8.36. The summed E-state index contributed by atoms with van der Waals surface area (Å²) in [5.74, 6) is -1.02. The first-order chi connectivity index (χ1) is 17.0. The van der Waals surface area contributed by atoms with E-state index >= 15 is 0 Å². The highest BCUT2D eigenvalue weighted by atomic mass is 127. The summed E-state index contributed by atoms with van der Waals surface area (Å²) in [7, 11) is 0. The molecule has 9 nitrogen and oxygen atoms in total. The second-order valence-corrected chi connectivity index (χ2v) is 9.52. The molecule has 0 aromatic heterocycles. The lowest BCUT2D eigenvalue weighted by atomic mass is 10.1. The zero-order valence-corrected chi connectivity index (χ0v) is 23.6. The van der Waals surface area contributed by atoms with Crippen molar-refractivity contribution in [2.24, 2.45) is 5.10 Å². The van der Waals surface area contributed by atoms with Crippen molar-refractivity contribution in [3.05, 3.63) is 50.1 Å². The Morgan fingerprint density at radius 3 is 2.31 bits per heavy atom. The molecular formula is C26H33IN4O5. The number of anilines is 1. The topological polar surface area (TPSA) is 118 Å². The highest BCUT2D eigenvalue weighted by molar-refractivity contribution is 14.1. The molecule has 36 heavy (non-hydrogen) atoms. The maximum absolute atomic E-state index is 12.6. The second kappa shape index (κ2) is 13.8. The van der Waals surface area contributed by atoms with Gasteiger partial charge in [-0.2, -0.15) is 5.10 Å². The molecule has 0 unspecified atom stereocenters. The molecule has 0 aliphatic rings. The maximum Gasteiger partial charge on any atom is 0.329 e. The quantitative estimate of drug-likeness (QED) is 0.163. The summed E-state index contributed by atoms with van der Waals surface area (Å²) in [4.78, 5) is 36.3. The first-order valence-electron chi connectivity index (χ1n) is 11.7. The van der Waals surface area contributed by atoms with E-state index in [1.54, 1.807) is 12.1 Å². The van der Waals surface area contributed by atoms with E-state index in [2.05, 4.69) is 43.8 Å². The fraction of sp³-hybridized carbons (Fsp3) is 0.385. The molecule has 3 amide bonds. The number of carbonyl (C=O) groups is 3. The van der Waals surface area contributed by atoms with Gasteiger partial charge in [-0.1, -0.05) is 24.6 Å². The molecule has 0 bridgehead atoms. The number of ether oxygens (including phenoxy) is 2. The molecule has 1 atom stereocenters. The zero-order valence-electron chi connectivity index (χ0n) is 21.5. The summed E-state index contributed by atoms with van der Waals surface area (Å²) < 4.78 is 12.2. The third kappa shape index (κ3) is 8.51. The molecule has 3 N–H and O–H groups in total. The Bertz CT molecular complexity index is 1130. The van der Waals surface area contributed by atoms with Crippen LogP contribution in [-0.4, -0.2) is 43.2 Å². The number of carbonyl (C=O) groups excluding carboxylic acids is 3. The summed E-state index contributed by atoms with van der Waals surface area (Å²) in [5.41, 5.74) is 6.71. The van der Waals surface area contributed by atoms with Gasteiger partial charge in [0.2, 0.25) is 0 Å². The Balaban J connectivity index is 2.08. The van der Waals surface area contributed by atoms with E-state index in [0.29, 0.717) is 33.7 Å². The van der Waals surface area contributed by atoms with E-state index in [9.17, 15) is 14.4 Å². The van der Waals surface area contributed by atoms with E-state index in [4.69, 9.17) is 9.47 Å². The van der Waals surface area contributed by atoms with Crippen LogP contribution in [0.3, 0.4) is 0 Å². The lowest BCUT2D eigenvalue weighted by molar-refractivity contribution is -0.139. The van der Waals surface area contributed by atoms with Crippen LogP contribution in [0.1, 0.15) is 49.4 Å². The van der Waals surface area contributed by atoms with Gasteiger partial charge in [0.25, 0.3) is 5.91 Å². The Kier molecular flexibility index (Phi) is 11.2. The van der Waals surface area contributed by atoms with E-state index in [1.165, 1.54) is 6.21 Å². The van der Waals surface area contributed by atoms with Gasteiger partial charge in [-0.25, -0.2) is 5.43 Å². The van der Waals surface area contributed by atoms with Crippen molar-refractivity contribution >= 4 is 52.2 Å². The zero-order chi connectivity index (χ0) is 26.8. The number of hydrogen-bond acceptors (Lipinski definition) is 6. The van der Waals surface area contributed by atoms with Crippen LogP contribution in [0.15, 0.2) is 29.4 Å². The number of benzene rings is 2. The summed E-state index contributed by atoms with van der Waals surface area (Å²) in [6, 6.07) is 7.37. The summed E-state index contributed by atoms with van der Waals surface area (Å²) in [6.45, 7) is 11.7. The molecule has 0 saturated carbocycles. The predicted octanol–water partition coefficient (Wildman–Crippen LogP) is 4.00. The fourth-order valence-corrected chi connectivity index (χ4v) is 4.14. The third-order valence-corrected chi connectivity index (χ3v) is 6.00. The molecule has 0 spiro atoms. The van der Waals surface area contributed by atoms with Crippen LogP contribution in [0, 0.1) is 24.3 Å². The number of aryl methyl sites for hydroxylation is 3. The minimum atomic E-state index is -0.851. The average Bonchev–Trinajstić information content (AvgIpc) is 2.80. The Labute approximate surface area is 225 Å². The lowest BCUT2D eigenvalue weighted by Crippen LogP contribution is -2.41. The van der Waals surface area contributed by atoms with Crippen molar-refractivity contribution in [1.82, 2.24) is 10.7 Å². The van der Waals surface area contributed by atoms with Crippen LogP contribution in [0.2, 0.25) is 0 Å². The molecule has 2 aromatic carbocycles. The van der Waals surface area contributed by atoms with E-state index in [-0.39, 0.29) is 18.6 Å². The highest BCUT2D eigenvalue weighted by Crippen LogP contribution is 2.34. The van der Waals surface area contributed by atoms with Gasteiger partial charge in [-0.05, 0) is 92.5 Å². The van der Waals surface area contributed by atoms with Gasteiger partial charge in [0, 0.05) is 11.7 Å². The first kappa shape index (κ1) is 29.1. The Morgan fingerprint density at radius 1 is 1.03 bits per heavy atom. The molecule has 0 fully saturated rings. The number of rotatable bonds is 10. The van der Waals surface area contributed by atoms with Crippen molar-refractivity contribution in [3.63, 3.8) is 0 Å². The van der Waals surface area contributed by atoms with Crippen molar-refractivity contribution in [1.29, 1.82) is 0 Å². The largest absolute Gasteiger partial charge is 0.490 e. The van der Waals surface area contributed by atoms with Crippen LogP contribution in [0.25, 0.3) is 0 Å². The highest BCUT2D eigenvalue weighted by Gasteiger charge is 2.16. The number of hydrogen-bond donors (Lipinski definition) is 3. The molecule has 0 heterocycles. The summed E-state index contributed by atoms with van der Waals surface area (Å²) >= 11 is 2.08. The number of nitrogens with zero attached hydrogens (tertiary/aromatic N) is 1. The molecule has 0 saturated heterocycles. The minimum absolute atomic E-state index is 0.109. The predicted molar refractivity (Wildman–Crippen MR) is 149 cm³/mol. The monoisotopic (exact) mass is 608 g/mol. The molecular weight excluding hydrogens is 575 g/mol. The van der Waals surface area contributed by atoms with Crippen LogP contribution in [-0.2, 0) is 14.4 Å². The van der Waals surface area contributed by atoms with Crippen molar-refractivity contribution in [2.45, 2.75) is 54.0 Å². The maximum atomic E-state index is 12.6. The number of hydrazone groups is 1. The van der Waals surface area contributed by atoms with E-state index in [0.717, 1.165) is 22.4 Å². The van der Waals surface area contributed by atoms with Gasteiger partial charge in [0.15, 0.2) is 18.1 Å². The SMILES string of the molecule is CCOc1cc(/C=N\NC(=O)C(=O)N[C@@H](C)CC)cc(I)c1OCC(=O)Nc1c(C)cc(C)cc1C. The van der Waals surface area contributed by atoms with Crippen LogP contribution < -0.4 is 25.5 Å². The summed E-state index contributed by atoms with van der Waals surface area (Å²) in [5, 5.41) is 9.35. The molecule has 0 aliphatic carbocycles. The summed E-state index contributed by atoms with van der Waals surface area (Å²) in [6.07, 6.45) is 2.11. The van der Waals surface area contributed by atoms with Gasteiger partial charge in [-0.3, -0.25) is 14.4 Å². The number of halogens is 1. The van der Waals surface area contributed by atoms with E-state index in [1.807, 2.05) is 53.7 Å². The molecule has 2 rings (SSSR count). The molecule has 194 valence electrons. The molecule has 0 radical (unpaired) electrons. The fourth-order valence-electron chi connectivity index (χ4n) is 3.36. The smallest absolute Gasteiger partial charge is 0.329 e. The lowest BCUT2D eigenvalue weighted by Gasteiger charge is -2.16. The standard InChI is InChI=1S/C26H33IN4O5/c1-7-18(6)29-25(33)26(34)31-28-13-19-11-20(27)24(21(12-19)35-8-2)36-14-22(32)30-23-16(4)9-15(3)10-17(23)5/h9-13,18H,7-8,14H2,1-6H3,(H,29,33)(H,30,32)(H,31,34)/b28-13-/t18-/m0/s1. The van der Waals surface area contributed by atoms with Gasteiger partial charge in [0.1, 0.15) is 0 Å². The minimum Gasteiger partial charge on any atom is -0.490 e. The van der Waals surface area contributed by atoms with Crippen molar-refractivity contribution in [2.75, 3.05) is 18.5 Å². The third-order valence-electron chi connectivity index (χ3n) is 5.20. The normalized spacial score (nSPS) is 11.6. The molecule has 10 heteroatoms. The van der Waals surface area contributed by atoms with Crippen molar-refractivity contribution in [3.8, 4) is 11.5 Å². The van der Waals surface area contributed by atoms with Crippen LogP contribution >= 0.6 is 22.6 Å². The molecule has 0 aliphatic heterocycles. The molecule has 2 aromatic rings. The van der Waals surface area contributed by atoms with Gasteiger partial charge >= 0.3 is 11.8 Å². The van der Waals surface area contributed by atoms with Crippen LogP contribution in [0.4, 0.5) is 5.69 Å². The van der Waals surface area contributed by atoms with Gasteiger partial charge in [-0.15, -0.1) is 0 Å². The van der Waals surface area contributed by atoms with Gasteiger partial charge in [0.05, 0.1) is 16.4 Å². The first-order valence-corrected chi connectivity index (χ1v) is 12.7. The Hall–Kier alpha value is -3.15. The number of amides is 3. The average molecular weight is 608 g/mol. The Morgan fingerprint density at radius 2 is 1.69 bits per heavy atom. The van der Waals surface area contributed by atoms with Crippen molar-refractivity contribution < 1.29 is 23.9 Å². The number of nitrogens with one attached hydrogen (secondary N) is 3. The van der Waals surface area contributed by atoms with Gasteiger partial charge < -0.3 is 20.1 Å². The van der Waals surface area contributed by atoms with E-state index < -0.39 is 11.8 Å².